The third-order valence-electron chi connectivity index (χ3n) is 2.99. The molecule has 0 heterocycles. The second kappa shape index (κ2) is 6.49. The predicted molar refractivity (Wildman–Crippen MR) is 67.2 cm³/mol. The first-order valence-electron chi connectivity index (χ1n) is 5.84. The van der Waals surface area contributed by atoms with E-state index in [-0.39, 0.29) is 13.2 Å². The Morgan fingerprint density at radius 3 is 2.29 bits per heavy atom. The minimum absolute atomic E-state index is 0.159. The van der Waals surface area contributed by atoms with Crippen LogP contribution >= 0.6 is 0 Å². The molecule has 0 aromatic rings. The molecule has 0 saturated carbocycles. The maximum atomic E-state index is 11.5. The second-order valence-corrected chi connectivity index (χ2v) is 9.61. The van der Waals surface area contributed by atoms with Gasteiger partial charge < -0.3 is 19.4 Å². The molecule has 0 aromatic carbocycles. The van der Waals surface area contributed by atoms with Crippen LogP contribution in [0.4, 0.5) is 0 Å². The highest BCUT2D eigenvalue weighted by Crippen LogP contribution is 2.23. The van der Waals surface area contributed by atoms with Gasteiger partial charge in [-0.05, 0) is 25.6 Å². The summed E-state index contributed by atoms with van der Waals surface area (Å²) in [6.45, 7) is 8.95. The van der Waals surface area contributed by atoms with E-state index in [0.29, 0.717) is 5.54 Å². The van der Waals surface area contributed by atoms with Crippen LogP contribution in [0.3, 0.4) is 0 Å². The summed E-state index contributed by atoms with van der Waals surface area (Å²) >= 11 is 0. The van der Waals surface area contributed by atoms with Crippen LogP contribution in [0.1, 0.15) is 20.8 Å². The minimum Gasteiger partial charge on any atom is -0.464 e. The number of hydrogen-bond acceptors (Lipinski definition) is 5. The molecule has 0 saturated heterocycles. The van der Waals surface area contributed by atoms with Crippen molar-refractivity contribution in [1.82, 2.24) is 0 Å². The Morgan fingerprint density at radius 2 is 1.94 bits per heavy atom. The fourth-order valence-electron chi connectivity index (χ4n) is 0.907. The van der Waals surface area contributed by atoms with E-state index < -0.39 is 26.5 Å². The Balaban J connectivity index is 4.55. The van der Waals surface area contributed by atoms with Crippen LogP contribution in [0.5, 0.6) is 0 Å². The summed E-state index contributed by atoms with van der Waals surface area (Å²) in [6, 6.07) is 0. The number of esters is 1. The smallest absolute Gasteiger partial charge is 0.342 e. The molecule has 0 bridgehead atoms. The number of carbonyl (C=O) groups is 1. The highest BCUT2D eigenvalue weighted by molar-refractivity contribution is 6.72. The fourth-order valence-corrected chi connectivity index (χ4v) is 1.85. The molecular weight excluding hydrogens is 240 g/mol. The van der Waals surface area contributed by atoms with Crippen molar-refractivity contribution in [3.63, 3.8) is 0 Å². The van der Waals surface area contributed by atoms with E-state index >= 15 is 0 Å². The molecule has 0 rings (SSSR count). The molecule has 0 aliphatic rings. The number of aliphatic hydroxyl groups is 2. The Kier molecular flexibility index (Phi) is 6.32. The standard InChI is InChI=1S/C11H24O5Si/c1-6-15-10(13)11(14,7-12)8-16-17(4,5)9(2)3/h9,12,14H,6-8H2,1-5H3. The van der Waals surface area contributed by atoms with Gasteiger partial charge in [-0.25, -0.2) is 4.79 Å². The van der Waals surface area contributed by atoms with Gasteiger partial charge >= 0.3 is 5.97 Å². The fraction of sp³-hybridized carbons (Fsp3) is 0.909. The molecule has 102 valence electrons. The molecule has 0 aliphatic carbocycles. The molecule has 0 amide bonds. The van der Waals surface area contributed by atoms with Gasteiger partial charge in [0.2, 0.25) is 5.60 Å². The van der Waals surface area contributed by atoms with Crippen LogP contribution in [0.15, 0.2) is 0 Å². The SMILES string of the molecule is CCOC(=O)C(O)(CO)CO[Si](C)(C)C(C)C. The molecule has 6 heteroatoms. The van der Waals surface area contributed by atoms with Gasteiger partial charge in [0.1, 0.15) is 0 Å². The van der Waals surface area contributed by atoms with Crippen LogP contribution in [-0.2, 0) is 14.0 Å². The molecule has 1 atom stereocenters. The highest BCUT2D eigenvalue weighted by atomic mass is 28.4. The molecule has 17 heavy (non-hydrogen) atoms. The van der Waals surface area contributed by atoms with Gasteiger partial charge in [-0.1, -0.05) is 13.8 Å². The molecule has 0 aliphatic heterocycles. The molecule has 2 N–H and O–H groups in total. The molecule has 0 aromatic heterocycles. The Hall–Kier alpha value is -0.433. The zero-order valence-corrected chi connectivity index (χ0v) is 12.3. The summed E-state index contributed by atoms with van der Waals surface area (Å²) < 4.78 is 10.4. The van der Waals surface area contributed by atoms with Crippen LogP contribution in [0, 0.1) is 0 Å². The quantitative estimate of drug-likeness (QED) is 0.528. The first-order valence-corrected chi connectivity index (χ1v) is 8.82. The van der Waals surface area contributed by atoms with Crippen molar-refractivity contribution in [1.29, 1.82) is 0 Å². The molecule has 0 radical (unpaired) electrons. The van der Waals surface area contributed by atoms with Crippen LogP contribution in [-0.4, -0.2) is 49.9 Å². The summed E-state index contributed by atoms with van der Waals surface area (Å²) in [5.74, 6) is -0.837. The Labute approximate surface area is 104 Å². The van der Waals surface area contributed by atoms with E-state index in [2.05, 4.69) is 0 Å². The van der Waals surface area contributed by atoms with Gasteiger partial charge in [0.15, 0.2) is 8.32 Å². The topological polar surface area (TPSA) is 76.0 Å². The number of ether oxygens (including phenoxy) is 1. The average Bonchev–Trinajstić information content (AvgIpc) is 2.26. The second-order valence-electron chi connectivity index (χ2n) is 4.96. The molecule has 0 fully saturated rings. The van der Waals surface area contributed by atoms with E-state index in [9.17, 15) is 9.90 Å². The molecule has 0 spiro atoms. The largest absolute Gasteiger partial charge is 0.464 e. The molecule has 5 nitrogen and oxygen atoms in total. The number of rotatable bonds is 7. The zero-order valence-electron chi connectivity index (χ0n) is 11.3. The number of carbonyl (C=O) groups excluding carboxylic acids is 1. The first kappa shape index (κ1) is 16.6. The van der Waals surface area contributed by atoms with E-state index in [4.69, 9.17) is 14.3 Å². The van der Waals surface area contributed by atoms with Crippen molar-refractivity contribution in [2.75, 3.05) is 19.8 Å². The predicted octanol–water partition coefficient (Wildman–Crippen LogP) is 0.905. The van der Waals surface area contributed by atoms with Gasteiger partial charge in [0.25, 0.3) is 0 Å². The average molecular weight is 264 g/mol. The molecule has 1 unspecified atom stereocenters. The van der Waals surface area contributed by atoms with Gasteiger partial charge in [-0.2, -0.15) is 0 Å². The van der Waals surface area contributed by atoms with Gasteiger partial charge in [0, 0.05) is 0 Å². The summed E-state index contributed by atoms with van der Waals surface area (Å²) in [5.41, 5.74) is -1.59. The Morgan fingerprint density at radius 1 is 1.41 bits per heavy atom. The van der Waals surface area contributed by atoms with E-state index in [1.165, 1.54) is 0 Å². The maximum absolute atomic E-state index is 11.5. The van der Waals surface area contributed by atoms with Gasteiger partial charge in [-0.3, -0.25) is 0 Å². The van der Waals surface area contributed by atoms with Gasteiger partial charge in [-0.15, -0.1) is 0 Å². The number of aliphatic hydroxyl groups excluding tert-OH is 1. The molecular formula is C11H24O5Si. The van der Waals surface area contributed by atoms with Crippen LogP contribution in [0.2, 0.25) is 18.6 Å². The van der Waals surface area contributed by atoms with Crippen LogP contribution in [0.25, 0.3) is 0 Å². The zero-order chi connectivity index (χ0) is 13.7. The lowest BCUT2D eigenvalue weighted by Gasteiger charge is -2.31. The minimum atomic E-state index is -1.95. The van der Waals surface area contributed by atoms with E-state index in [0.717, 1.165) is 0 Å². The lowest BCUT2D eigenvalue weighted by Crippen LogP contribution is -2.51. The van der Waals surface area contributed by atoms with Crippen molar-refractivity contribution in [2.45, 2.75) is 45.0 Å². The third-order valence-corrected chi connectivity index (χ3v) is 6.66. The van der Waals surface area contributed by atoms with Crippen molar-refractivity contribution in [3.05, 3.63) is 0 Å². The summed E-state index contributed by atoms with van der Waals surface area (Å²) in [5, 5.41) is 19.0. The van der Waals surface area contributed by atoms with Crippen LogP contribution < -0.4 is 0 Å². The van der Waals surface area contributed by atoms with E-state index in [1.54, 1.807) is 6.92 Å². The van der Waals surface area contributed by atoms with Crippen molar-refractivity contribution >= 4 is 14.3 Å². The van der Waals surface area contributed by atoms with Gasteiger partial charge in [0.05, 0.1) is 19.8 Å². The summed E-state index contributed by atoms with van der Waals surface area (Å²) in [6.07, 6.45) is 0. The van der Waals surface area contributed by atoms with Crippen molar-refractivity contribution in [2.24, 2.45) is 0 Å². The first-order chi connectivity index (χ1) is 7.69. The lowest BCUT2D eigenvalue weighted by molar-refractivity contribution is -0.173. The highest BCUT2D eigenvalue weighted by Gasteiger charge is 2.40. The maximum Gasteiger partial charge on any atom is 0.342 e. The Bertz CT molecular complexity index is 254. The normalized spacial score (nSPS) is 15.8. The van der Waals surface area contributed by atoms with E-state index in [1.807, 2.05) is 26.9 Å². The van der Waals surface area contributed by atoms with Crippen molar-refractivity contribution < 1.29 is 24.2 Å². The summed E-state index contributed by atoms with van der Waals surface area (Å²) in [7, 11) is -1.95. The third kappa shape index (κ3) is 4.75. The van der Waals surface area contributed by atoms with Crippen molar-refractivity contribution in [3.8, 4) is 0 Å². The summed E-state index contributed by atoms with van der Waals surface area (Å²) in [4.78, 5) is 11.5. The lowest BCUT2D eigenvalue weighted by atomic mass is 10.1. The monoisotopic (exact) mass is 264 g/mol. The number of hydrogen-bond donors (Lipinski definition) is 2.